The van der Waals surface area contributed by atoms with Gasteiger partial charge in [0.2, 0.25) is 0 Å². The van der Waals surface area contributed by atoms with Gasteiger partial charge in [-0.3, -0.25) is 4.79 Å². The number of carbonyl (C=O) groups excluding carboxylic acids is 2. The summed E-state index contributed by atoms with van der Waals surface area (Å²) < 4.78 is 9.64. The lowest BCUT2D eigenvalue weighted by atomic mass is 10.0. The second-order valence-electron chi connectivity index (χ2n) is 3.77. The van der Waals surface area contributed by atoms with Crippen LogP contribution >= 0.6 is 0 Å². The van der Waals surface area contributed by atoms with Crippen LogP contribution in [0.15, 0.2) is 0 Å². The molecule has 1 heterocycles. The first-order valence-electron chi connectivity index (χ1n) is 4.39. The quantitative estimate of drug-likeness (QED) is 0.467. The lowest BCUT2D eigenvalue weighted by molar-refractivity contribution is -0.146. The summed E-state index contributed by atoms with van der Waals surface area (Å²) in [4.78, 5) is 22.6. The summed E-state index contributed by atoms with van der Waals surface area (Å²) in [6.07, 6.45) is 1.33. The molecule has 2 rings (SSSR count). The van der Waals surface area contributed by atoms with Crippen molar-refractivity contribution in [3.8, 4) is 0 Å². The minimum atomic E-state index is -0.992. The van der Waals surface area contributed by atoms with Crippen molar-refractivity contribution < 1.29 is 19.1 Å². The van der Waals surface area contributed by atoms with Gasteiger partial charge in [0.25, 0.3) is 0 Å². The number of hydrogen-bond donors (Lipinski definition) is 0. The van der Waals surface area contributed by atoms with Gasteiger partial charge in [0.1, 0.15) is 0 Å². The van der Waals surface area contributed by atoms with Crippen LogP contribution in [0.2, 0.25) is 0 Å². The van der Waals surface area contributed by atoms with Crippen molar-refractivity contribution in [2.45, 2.75) is 31.5 Å². The molecule has 0 N–H and O–H groups in total. The molecule has 2 fully saturated rings. The largest absolute Gasteiger partial charge is 0.467 e. The summed E-state index contributed by atoms with van der Waals surface area (Å²) in [6, 6.07) is 0. The molecule has 1 aliphatic carbocycles. The number of Topliss-reactive ketones (excluding diaryl/α,β-unsaturated/α-hetero) is 1. The Bertz CT molecular complexity index is 269. The maximum Gasteiger partial charge on any atom is 0.341 e. The van der Waals surface area contributed by atoms with Crippen LogP contribution < -0.4 is 0 Å². The van der Waals surface area contributed by atoms with Gasteiger partial charge >= 0.3 is 5.97 Å². The van der Waals surface area contributed by atoms with Gasteiger partial charge in [0.15, 0.2) is 17.5 Å². The molecule has 0 spiro atoms. The lowest BCUT2D eigenvalue weighted by Crippen LogP contribution is -2.28. The molecule has 0 unspecified atom stereocenters. The highest BCUT2D eigenvalue weighted by molar-refractivity contribution is 5.99. The van der Waals surface area contributed by atoms with Crippen molar-refractivity contribution in [1.29, 1.82) is 0 Å². The van der Waals surface area contributed by atoms with Gasteiger partial charge in [-0.15, -0.1) is 0 Å². The highest BCUT2D eigenvalue weighted by atomic mass is 16.7. The number of ether oxygens (including phenoxy) is 2. The summed E-state index contributed by atoms with van der Waals surface area (Å²) in [5.41, 5.74) is -0.992. The highest BCUT2D eigenvalue weighted by Crippen LogP contribution is 2.44. The molecule has 0 amide bonds. The van der Waals surface area contributed by atoms with E-state index in [1.807, 2.05) is 0 Å². The summed E-state index contributed by atoms with van der Waals surface area (Å²) in [5, 5.41) is 0. The number of hydrogen-bond acceptors (Lipinski definition) is 4. The van der Waals surface area contributed by atoms with Crippen LogP contribution in [-0.4, -0.2) is 30.6 Å². The molecular formula is C9H12O4. The van der Waals surface area contributed by atoms with Crippen LogP contribution in [0.1, 0.15) is 19.8 Å². The fourth-order valence-electron chi connectivity index (χ4n) is 1.48. The number of epoxide rings is 1. The predicted octanol–water partition coefficient (Wildman–Crippen LogP) is 0.296. The maximum atomic E-state index is 11.5. The van der Waals surface area contributed by atoms with Crippen molar-refractivity contribution in [3.05, 3.63) is 0 Å². The number of ketones is 1. The second-order valence-corrected chi connectivity index (χ2v) is 3.77. The van der Waals surface area contributed by atoms with Gasteiger partial charge in [-0.2, -0.15) is 0 Å². The van der Waals surface area contributed by atoms with Crippen molar-refractivity contribution in [2.24, 2.45) is 5.92 Å². The van der Waals surface area contributed by atoms with E-state index < -0.39 is 17.7 Å². The molecule has 1 saturated carbocycles. The fourth-order valence-corrected chi connectivity index (χ4v) is 1.48. The van der Waals surface area contributed by atoms with Crippen LogP contribution in [0.5, 0.6) is 0 Å². The Morgan fingerprint density at radius 2 is 2.08 bits per heavy atom. The van der Waals surface area contributed by atoms with Crippen LogP contribution in [0.3, 0.4) is 0 Å². The molecule has 0 radical (unpaired) electrons. The average Bonchev–Trinajstić information content (AvgIpc) is 2.95. The monoisotopic (exact) mass is 184 g/mol. The van der Waals surface area contributed by atoms with E-state index in [4.69, 9.17) is 4.74 Å². The molecule has 4 heteroatoms. The number of esters is 1. The molecule has 1 aliphatic heterocycles. The highest BCUT2D eigenvalue weighted by Gasteiger charge is 2.65. The molecular weight excluding hydrogens is 172 g/mol. The van der Waals surface area contributed by atoms with Crippen molar-refractivity contribution in [1.82, 2.24) is 0 Å². The molecule has 2 aliphatic rings. The first-order chi connectivity index (χ1) is 6.09. The van der Waals surface area contributed by atoms with E-state index >= 15 is 0 Å². The van der Waals surface area contributed by atoms with Gasteiger partial charge in [-0.1, -0.05) is 0 Å². The molecule has 13 heavy (non-hydrogen) atoms. The van der Waals surface area contributed by atoms with Gasteiger partial charge < -0.3 is 9.47 Å². The average molecular weight is 184 g/mol. The SMILES string of the molecule is COC(=O)[C@@]1(C)O[C@@H]1C(=O)C1CC1. The van der Waals surface area contributed by atoms with E-state index in [0.29, 0.717) is 0 Å². The second kappa shape index (κ2) is 2.54. The van der Waals surface area contributed by atoms with E-state index in [-0.39, 0.29) is 11.7 Å². The predicted molar refractivity (Wildman–Crippen MR) is 43.0 cm³/mol. The molecule has 0 aromatic rings. The summed E-state index contributed by atoms with van der Waals surface area (Å²) in [7, 11) is 1.30. The molecule has 1 saturated heterocycles. The number of rotatable bonds is 3. The Morgan fingerprint density at radius 3 is 2.54 bits per heavy atom. The first-order valence-corrected chi connectivity index (χ1v) is 4.39. The van der Waals surface area contributed by atoms with Gasteiger partial charge in [0, 0.05) is 5.92 Å². The fraction of sp³-hybridized carbons (Fsp3) is 0.778. The normalized spacial score (nSPS) is 36.9. The van der Waals surface area contributed by atoms with Gasteiger partial charge in [-0.05, 0) is 19.8 Å². The Hall–Kier alpha value is -0.900. The number of methoxy groups -OCH3 is 1. The maximum absolute atomic E-state index is 11.5. The standard InChI is InChI=1S/C9H12O4/c1-9(8(11)12-2)7(13-9)6(10)5-3-4-5/h5,7H,3-4H2,1-2H3/t7-,9+/m1/s1. The zero-order chi connectivity index (χ0) is 9.64. The van der Waals surface area contributed by atoms with E-state index in [1.54, 1.807) is 6.92 Å². The molecule has 2 atom stereocenters. The van der Waals surface area contributed by atoms with E-state index in [2.05, 4.69) is 4.74 Å². The van der Waals surface area contributed by atoms with E-state index in [1.165, 1.54) is 7.11 Å². The molecule has 72 valence electrons. The third kappa shape index (κ3) is 1.25. The Labute approximate surface area is 76.2 Å². The summed E-state index contributed by atoms with van der Waals surface area (Å²) >= 11 is 0. The zero-order valence-electron chi connectivity index (χ0n) is 7.70. The smallest absolute Gasteiger partial charge is 0.341 e. The van der Waals surface area contributed by atoms with Gasteiger partial charge in [-0.25, -0.2) is 4.79 Å². The molecule has 0 aromatic carbocycles. The Kier molecular flexibility index (Phi) is 1.70. The molecule has 0 bridgehead atoms. The zero-order valence-corrected chi connectivity index (χ0v) is 7.70. The van der Waals surface area contributed by atoms with Crippen LogP contribution in [0, 0.1) is 5.92 Å². The van der Waals surface area contributed by atoms with Crippen LogP contribution in [0.25, 0.3) is 0 Å². The topological polar surface area (TPSA) is 55.9 Å². The third-order valence-corrected chi connectivity index (χ3v) is 2.63. The third-order valence-electron chi connectivity index (χ3n) is 2.63. The van der Waals surface area contributed by atoms with Crippen molar-refractivity contribution in [3.63, 3.8) is 0 Å². The van der Waals surface area contributed by atoms with Crippen LogP contribution in [-0.2, 0) is 19.1 Å². The number of carbonyl (C=O) groups is 2. The summed E-state index contributed by atoms with van der Waals surface area (Å²) in [5.74, 6) is -0.254. The van der Waals surface area contributed by atoms with E-state index in [9.17, 15) is 9.59 Å². The Morgan fingerprint density at radius 1 is 1.46 bits per heavy atom. The Balaban J connectivity index is 1.99. The molecule has 4 nitrogen and oxygen atoms in total. The van der Waals surface area contributed by atoms with Crippen LogP contribution in [0.4, 0.5) is 0 Å². The minimum Gasteiger partial charge on any atom is -0.467 e. The summed E-state index contributed by atoms with van der Waals surface area (Å²) in [6.45, 7) is 1.60. The van der Waals surface area contributed by atoms with E-state index in [0.717, 1.165) is 12.8 Å². The lowest BCUT2D eigenvalue weighted by Gasteiger charge is -2.01. The van der Waals surface area contributed by atoms with Gasteiger partial charge in [0.05, 0.1) is 7.11 Å². The first kappa shape index (κ1) is 8.69. The van der Waals surface area contributed by atoms with Crippen molar-refractivity contribution >= 4 is 11.8 Å². The minimum absolute atomic E-state index is 0.0629. The van der Waals surface area contributed by atoms with Crippen molar-refractivity contribution in [2.75, 3.05) is 7.11 Å². The molecule has 0 aromatic heterocycles.